The van der Waals surface area contributed by atoms with E-state index in [2.05, 4.69) is 24.4 Å². The van der Waals surface area contributed by atoms with E-state index in [4.69, 9.17) is 0 Å². The Bertz CT molecular complexity index is 700. The lowest BCUT2D eigenvalue weighted by atomic mass is 10.1. The number of carbonyl (C=O) groups excluding carboxylic acids is 2. The number of carbonyl (C=O) groups is 2. The molecule has 2 rings (SSSR count). The topological polar surface area (TPSA) is 46.2 Å². The van der Waals surface area contributed by atoms with E-state index >= 15 is 0 Å². The minimum Gasteiger partial charge on any atom is -0.326 e. The average molecular weight is 293 g/mol. The molecule has 3 heteroatoms. The number of rotatable bonds is 5. The number of hydrogen-bond acceptors (Lipinski definition) is 2. The summed E-state index contributed by atoms with van der Waals surface area (Å²) in [5.41, 5.74) is 3.43. The van der Waals surface area contributed by atoms with Crippen molar-refractivity contribution in [2.24, 2.45) is 0 Å². The third-order valence-electron chi connectivity index (χ3n) is 3.28. The first-order chi connectivity index (χ1) is 10.6. The Morgan fingerprint density at radius 1 is 1.09 bits per heavy atom. The van der Waals surface area contributed by atoms with Crippen molar-refractivity contribution in [3.05, 3.63) is 71.3 Å². The predicted molar refractivity (Wildman–Crippen MR) is 89.9 cm³/mol. The van der Waals surface area contributed by atoms with Crippen molar-refractivity contribution in [3.8, 4) is 0 Å². The number of allylic oxidation sites excluding steroid dienone is 1. The van der Waals surface area contributed by atoms with Gasteiger partial charge in [-0.1, -0.05) is 49.4 Å². The molecule has 0 aliphatic heterocycles. The van der Waals surface area contributed by atoms with Gasteiger partial charge in [-0.15, -0.1) is 0 Å². The molecule has 1 N–H and O–H groups in total. The van der Waals surface area contributed by atoms with Gasteiger partial charge in [0, 0.05) is 18.2 Å². The fraction of sp³-hybridized carbons (Fsp3) is 0.158. The minimum atomic E-state index is -0.156. The Morgan fingerprint density at radius 3 is 2.45 bits per heavy atom. The summed E-state index contributed by atoms with van der Waals surface area (Å²) >= 11 is 0. The quantitative estimate of drug-likeness (QED) is 0.666. The first-order valence-electron chi connectivity index (χ1n) is 7.27. The van der Waals surface area contributed by atoms with E-state index in [0.29, 0.717) is 11.3 Å². The Hall–Kier alpha value is -2.68. The molecular formula is C19H19NO2. The number of nitrogens with one attached hydrogen (secondary N) is 1. The van der Waals surface area contributed by atoms with Gasteiger partial charge in [0.15, 0.2) is 5.78 Å². The summed E-state index contributed by atoms with van der Waals surface area (Å²) in [5.74, 6) is -0.247. The van der Waals surface area contributed by atoms with E-state index in [0.717, 1.165) is 12.0 Å². The molecule has 0 radical (unpaired) electrons. The lowest BCUT2D eigenvalue weighted by molar-refractivity contribution is -0.114. The van der Waals surface area contributed by atoms with Crippen molar-refractivity contribution in [3.63, 3.8) is 0 Å². The van der Waals surface area contributed by atoms with Crippen molar-refractivity contribution in [2.75, 3.05) is 5.32 Å². The largest absolute Gasteiger partial charge is 0.326 e. The van der Waals surface area contributed by atoms with Gasteiger partial charge in [0.25, 0.3) is 0 Å². The molecule has 0 saturated carbocycles. The van der Waals surface area contributed by atoms with E-state index in [1.807, 2.05) is 12.1 Å². The van der Waals surface area contributed by atoms with Crippen molar-refractivity contribution in [2.45, 2.75) is 20.3 Å². The zero-order chi connectivity index (χ0) is 15.9. The van der Waals surface area contributed by atoms with Crippen LogP contribution in [-0.2, 0) is 11.2 Å². The Kier molecular flexibility index (Phi) is 5.26. The Balaban J connectivity index is 2.10. The maximum absolute atomic E-state index is 12.2. The number of benzene rings is 2. The molecule has 3 nitrogen and oxygen atoms in total. The van der Waals surface area contributed by atoms with E-state index in [1.54, 1.807) is 36.4 Å². The maximum atomic E-state index is 12.2. The van der Waals surface area contributed by atoms with Crippen molar-refractivity contribution in [1.82, 2.24) is 0 Å². The summed E-state index contributed by atoms with van der Waals surface area (Å²) in [7, 11) is 0. The molecule has 0 atom stereocenters. The van der Waals surface area contributed by atoms with Crippen LogP contribution in [0.25, 0.3) is 6.08 Å². The van der Waals surface area contributed by atoms with Crippen LogP contribution in [0, 0.1) is 0 Å². The second kappa shape index (κ2) is 7.36. The van der Waals surface area contributed by atoms with Crippen LogP contribution in [-0.4, -0.2) is 11.7 Å². The highest BCUT2D eigenvalue weighted by molar-refractivity contribution is 6.07. The summed E-state index contributed by atoms with van der Waals surface area (Å²) in [5, 5.41) is 2.67. The molecule has 112 valence electrons. The Morgan fingerprint density at radius 2 is 1.82 bits per heavy atom. The van der Waals surface area contributed by atoms with Gasteiger partial charge in [-0.05, 0) is 35.8 Å². The van der Waals surface area contributed by atoms with Crippen LogP contribution in [0.15, 0.2) is 54.6 Å². The standard InChI is InChI=1S/C19H19NO2/c1-3-15-7-9-16(10-8-15)11-12-19(22)17-5-4-6-18(13-17)20-14(2)21/h4-13H,3H2,1-2H3,(H,20,21). The molecule has 1 amide bonds. The molecule has 0 aliphatic carbocycles. The summed E-state index contributed by atoms with van der Waals surface area (Å²) in [6.45, 7) is 3.55. The van der Waals surface area contributed by atoms with Crippen LogP contribution in [0.4, 0.5) is 5.69 Å². The molecule has 0 bridgehead atoms. The van der Waals surface area contributed by atoms with Gasteiger partial charge >= 0.3 is 0 Å². The molecule has 0 aromatic heterocycles. The maximum Gasteiger partial charge on any atom is 0.221 e. The van der Waals surface area contributed by atoms with E-state index in [1.165, 1.54) is 12.5 Å². The molecular weight excluding hydrogens is 274 g/mol. The fourth-order valence-electron chi connectivity index (χ4n) is 2.09. The van der Waals surface area contributed by atoms with Crippen molar-refractivity contribution in [1.29, 1.82) is 0 Å². The van der Waals surface area contributed by atoms with Gasteiger partial charge in [0.1, 0.15) is 0 Å². The first-order valence-corrected chi connectivity index (χ1v) is 7.27. The predicted octanol–water partition coefficient (Wildman–Crippen LogP) is 4.10. The summed E-state index contributed by atoms with van der Waals surface area (Å²) in [6.07, 6.45) is 4.35. The summed E-state index contributed by atoms with van der Waals surface area (Å²) < 4.78 is 0. The van der Waals surface area contributed by atoms with Crippen molar-refractivity contribution < 1.29 is 9.59 Å². The highest BCUT2D eigenvalue weighted by atomic mass is 16.1. The van der Waals surface area contributed by atoms with Gasteiger partial charge in [-0.2, -0.15) is 0 Å². The number of amides is 1. The SMILES string of the molecule is CCc1ccc(C=CC(=O)c2cccc(NC(C)=O)c2)cc1. The molecule has 0 heterocycles. The van der Waals surface area contributed by atoms with E-state index in [9.17, 15) is 9.59 Å². The smallest absolute Gasteiger partial charge is 0.221 e. The first kappa shape index (κ1) is 15.7. The van der Waals surface area contributed by atoms with E-state index < -0.39 is 0 Å². The van der Waals surface area contributed by atoms with Crippen LogP contribution < -0.4 is 5.32 Å². The lowest BCUT2D eigenvalue weighted by Gasteiger charge is -2.03. The second-order valence-corrected chi connectivity index (χ2v) is 5.05. The molecule has 0 aliphatic rings. The highest BCUT2D eigenvalue weighted by Crippen LogP contribution is 2.13. The number of hydrogen-bond donors (Lipinski definition) is 1. The number of anilines is 1. The van der Waals surface area contributed by atoms with Gasteiger partial charge in [0.2, 0.25) is 5.91 Å². The normalized spacial score (nSPS) is 10.6. The van der Waals surface area contributed by atoms with Crippen LogP contribution >= 0.6 is 0 Å². The Labute approximate surface area is 130 Å². The van der Waals surface area contributed by atoms with Crippen molar-refractivity contribution >= 4 is 23.5 Å². The molecule has 0 spiro atoms. The lowest BCUT2D eigenvalue weighted by Crippen LogP contribution is -2.06. The molecule has 2 aromatic rings. The molecule has 0 saturated heterocycles. The molecule has 2 aromatic carbocycles. The summed E-state index contributed by atoms with van der Waals surface area (Å²) in [4.78, 5) is 23.2. The minimum absolute atomic E-state index is 0.0910. The average Bonchev–Trinajstić information content (AvgIpc) is 2.52. The number of aryl methyl sites for hydroxylation is 1. The highest BCUT2D eigenvalue weighted by Gasteiger charge is 2.03. The third kappa shape index (κ3) is 4.42. The molecule has 0 unspecified atom stereocenters. The van der Waals surface area contributed by atoms with Crippen LogP contribution in [0.3, 0.4) is 0 Å². The second-order valence-electron chi connectivity index (χ2n) is 5.05. The molecule has 22 heavy (non-hydrogen) atoms. The zero-order valence-corrected chi connectivity index (χ0v) is 12.8. The zero-order valence-electron chi connectivity index (χ0n) is 12.8. The fourth-order valence-corrected chi connectivity index (χ4v) is 2.09. The van der Waals surface area contributed by atoms with E-state index in [-0.39, 0.29) is 11.7 Å². The third-order valence-corrected chi connectivity index (χ3v) is 3.28. The van der Waals surface area contributed by atoms with Gasteiger partial charge < -0.3 is 5.32 Å². The van der Waals surface area contributed by atoms with Gasteiger partial charge in [-0.3, -0.25) is 9.59 Å². The van der Waals surface area contributed by atoms with Crippen LogP contribution in [0.5, 0.6) is 0 Å². The molecule has 0 fully saturated rings. The van der Waals surface area contributed by atoms with Gasteiger partial charge in [-0.25, -0.2) is 0 Å². The van der Waals surface area contributed by atoms with Crippen LogP contribution in [0.2, 0.25) is 0 Å². The van der Waals surface area contributed by atoms with Crippen LogP contribution in [0.1, 0.15) is 35.3 Å². The summed E-state index contributed by atoms with van der Waals surface area (Å²) in [6, 6.07) is 15.0. The van der Waals surface area contributed by atoms with Gasteiger partial charge in [0.05, 0.1) is 0 Å². The monoisotopic (exact) mass is 293 g/mol. The number of ketones is 1.